The molecule has 0 saturated carbocycles. The van der Waals surface area contributed by atoms with Crippen molar-refractivity contribution in [3.05, 3.63) is 33.0 Å². The molecule has 0 spiro atoms. The molecule has 4 nitrogen and oxygen atoms in total. The van der Waals surface area contributed by atoms with Gasteiger partial charge in [-0.3, -0.25) is 4.79 Å². The molecule has 0 aliphatic heterocycles. The fraction of sp³-hybridized carbons (Fsp3) is 0.429. The highest BCUT2D eigenvalue weighted by molar-refractivity contribution is 7.13. The van der Waals surface area contributed by atoms with Gasteiger partial charge in [-0.2, -0.15) is 0 Å². The normalized spacial score (nSPS) is 10.7. The fourth-order valence-corrected chi connectivity index (χ4v) is 3.63. The van der Waals surface area contributed by atoms with Crippen molar-refractivity contribution in [3.8, 4) is 0 Å². The van der Waals surface area contributed by atoms with Gasteiger partial charge in [-0.05, 0) is 49.2 Å². The molecule has 6 heteroatoms. The summed E-state index contributed by atoms with van der Waals surface area (Å²) in [7, 11) is 0. The van der Waals surface area contributed by atoms with Crippen molar-refractivity contribution in [3.63, 3.8) is 0 Å². The van der Waals surface area contributed by atoms with Gasteiger partial charge in [0.05, 0.1) is 5.69 Å². The summed E-state index contributed by atoms with van der Waals surface area (Å²) in [5, 5.41) is 7.61. The second kappa shape index (κ2) is 7.52. The summed E-state index contributed by atoms with van der Waals surface area (Å²) >= 11 is 3.28. The number of anilines is 1. The Balaban J connectivity index is 1.83. The van der Waals surface area contributed by atoms with E-state index < -0.39 is 0 Å². The number of aromatic nitrogens is 1. The van der Waals surface area contributed by atoms with Crippen molar-refractivity contribution in [1.82, 2.24) is 4.98 Å². The molecule has 3 N–H and O–H groups in total. The summed E-state index contributed by atoms with van der Waals surface area (Å²) in [5.41, 5.74) is 7.92. The molecular formula is C14H19N3OS2. The minimum atomic E-state index is -0.0757. The third kappa shape index (κ3) is 4.70. The number of nitrogens with two attached hydrogens (primary N) is 1. The van der Waals surface area contributed by atoms with Gasteiger partial charge >= 0.3 is 0 Å². The molecule has 2 aromatic heterocycles. The zero-order valence-corrected chi connectivity index (χ0v) is 13.1. The third-order valence-corrected chi connectivity index (χ3v) is 4.69. The van der Waals surface area contributed by atoms with Crippen molar-refractivity contribution in [1.29, 1.82) is 0 Å². The van der Waals surface area contributed by atoms with E-state index in [-0.39, 0.29) is 5.91 Å². The molecule has 2 aromatic rings. The number of thiazole rings is 1. The van der Waals surface area contributed by atoms with E-state index in [4.69, 9.17) is 5.73 Å². The predicted octanol–water partition coefficient (Wildman–Crippen LogP) is 2.84. The summed E-state index contributed by atoms with van der Waals surface area (Å²) in [6.45, 7) is 2.24. The highest BCUT2D eigenvalue weighted by Gasteiger charge is 2.05. The van der Waals surface area contributed by atoms with Crippen LogP contribution in [0.1, 0.15) is 29.5 Å². The molecule has 0 aliphatic rings. The maximum atomic E-state index is 10.9. The molecule has 0 radical (unpaired) electrons. The Morgan fingerprint density at radius 3 is 2.90 bits per heavy atom. The highest BCUT2D eigenvalue weighted by atomic mass is 32.1. The summed E-state index contributed by atoms with van der Waals surface area (Å²) in [4.78, 5) is 16.7. The topological polar surface area (TPSA) is 68.0 Å². The number of rotatable bonds is 7. The second-order valence-electron chi connectivity index (χ2n) is 4.64. The average molecular weight is 309 g/mol. The molecule has 0 bridgehead atoms. The van der Waals surface area contributed by atoms with E-state index in [0.29, 0.717) is 5.13 Å². The van der Waals surface area contributed by atoms with Crippen molar-refractivity contribution in [2.45, 2.75) is 32.6 Å². The van der Waals surface area contributed by atoms with Crippen molar-refractivity contribution in [2.24, 2.45) is 5.73 Å². The largest absolute Gasteiger partial charge is 0.330 e. The van der Waals surface area contributed by atoms with Crippen LogP contribution in [-0.2, 0) is 24.1 Å². The number of carbonyl (C=O) groups is 1. The number of thiophene rings is 1. The molecule has 0 aromatic carbocycles. The summed E-state index contributed by atoms with van der Waals surface area (Å²) in [5.74, 6) is -0.0757. The highest BCUT2D eigenvalue weighted by Crippen LogP contribution is 2.20. The molecule has 1 amide bonds. The zero-order chi connectivity index (χ0) is 14.4. The van der Waals surface area contributed by atoms with Crippen LogP contribution < -0.4 is 11.1 Å². The van der Waals surface area contributed by atoms with E-state index in [1.54, 1.807) is 0 Å². The van der Waals surface area contributed by atoms with E-state index in [1.807, 2.05) is 16.7 Å². The second-order valence-corrected chi connectivity index (χ2v) is 6.49. The SMILES string of the molecule is CC(=O)Nc1nc(CCc2csc(CCCN)c2)cs1. The zero-order valence-electron chi connectivity index (χ0n) is 11.5. The van der Waals surface area contributed by atoms with Gasteiger partial charge in [0.2, 0.25) is 5.91 Å². The van der Waals surface area contributed by atoms with E-state index >= 15 is 0 Å². The van der Waals surface area contributed by atoms with E-state index in [1.165, 1.54) is 28.7 Å². The van der Waals surface area contributed by atoms with Gasteiger partial charge in [-0.25, -0.2) is 4.98 Å². The molecule has 2 heterocycles. The molecule has 20 heavy (non-hydrogen) atoms. The van der Waals surface area contributed by atoms with E-state index in [0.717, 1.165) is 37.9 Å². The maximum Gasteiger partial charge on any atom is 0.223 e. The predicted molar refractivity (Wildman–Crippen MR) is 85.5 cm³/mol. The first kappa shape index (κ1) is 15.2. The fourth-order valence-electron chi connectivity index (χ4n) is 1.87. The van der Waals surface area contributed by atoms with Gasteiger partial charge in [0, 0.05) is 17.2 Å². The first-order chi connectivity index (χ1) is 9.67. The lowest BCUT2D eigenvalue weighted by atomic mass is 10.1. The lowest BCUT2D eigenvalue weighted by Gasteiger charge is -1.96. The van der Waals surface area contributed by atoms with Gasteiger partial charge in [0.1, 0.15) is 0 Å². The van der Waals surface area contributed by atoms with Crippen LogP contribution >= 0.6 is 22.7 Å². The van der Waals surface area contributed by atoms with Crippen molar-refractivity contribution in [2.75, 3.05) is 11.9 Å². The number of hydrogen-bond acceptors (Lipinski definition) is 5. The Kier molecular flexibility index (Phi) is 5.70. The Morgan fingerprint density at radius 2 is 2.15 bits per heavy atom. The maximum absolute atomic E-state index is 10.9. The van der Waals surface area contributed by atoms with Crippen LogP contribution in [0.3, 0.4) is 0 Å². The molecule has 0 unspecified atom stereocenters. The monoisotopic (exact) mass is 309 g/mol. The number of hydrogen-bond donors (Lipinski definition) is 2. The number of nitrogens with one attached hydrogen (secondary N) is 1. The van der Waals surface area contributed by atoms with Gasteiger partial charge in [0.15, 0.2) is 5.13 Å². The third-order valence-electron chi connectivity index (χ3n) is 2.84. The molecule has 0 atom stereocenters. The lowest BCUT2D eigenvalue weighted by Crippen LogP contribution is -2.05. The van der Waals surface area contributed by atoms with Crippen LogP contribution in [0.4, 0.5) is 5.13 Å². The number of nitrogens with zero attached hydrogens (tertiary/aromatic N) is 1. The molecule has 108 valence electrons. The number of amides is 1. The minimum Gasteiger partial charge on any atom is -0.330 e. The summed E-state index contributed by atoms with van der Waals surface area (Å²) in [6.07, 6.45) is 4.02. The molecular weight excluding hydrogens is 290 g/mol. The Labute approximate surface area is 127 Å². The van der Waals surface area contributed by atoms with E-state index in [2.05, 4.69) is 21.7 Å². The van der Waals surface area contributed by atoms with Crippen LogP contribution in [0, 0.1) is 0 Å². The van der Waals surface area contributed by atoms with Crippen molar-refractivity contribution < 1.29 is 4.79 Å². The van der Waals surface area contributed by atoms with Crippen molar-refractivity contribution >= 4 is 33.7 Å². The first-order valence-electron chi connectivity index (χ1n) is 6.65. The van der Waals surface area contributed by atoms with Crippen LogP contribution in [0.5, 0.6) is 0 Å². The smallest absolute Gasteiger partial charge is 0.223 e. The summed E-state index contributed by atoms with van der Waals surface area (Å²) in [6, 6.07) is 2.27. The van der Waals surface area contributed by atoms with Gasteiger partial charge < -0.3 is 11.1 Å². The van der Waals surface area contributed by atoms with Gasteiger partial charge in [-0.15, -0.1) is 22.7 Å². The molecule has 0 aliphatic carbocycles. The first-order valence-corrected chi connectivity index (χ1v) is 8.41. The van der Waals surface area contributed by atoms with Crippen LogP contribution in [0.25, 0.3) is 0 Å². The Morgan fingerprint density at radius 1 is 1.30 bits per heavy atom. The minimum absolute atomic E-state index is 0.0757. The van der Waals surface area contributed by atoms with Crippen LogP contribution in [-0.4, -0.2) is 17.4 Å². The number of carbonyl (C=O) groups excluding carboxylic acids is 1. The average Bonchev–Trinajstić information content (AvgIpc) is 3.02. The molecule has 2 rings (SSSR count). The van der Waals surface area contributed by atoms with Gasteiger partial charge in [0.25, 0.3) is 0 Å². The molecule has 0 saturated heterocycles. The standard InChI is InChI=1S/C14H19N3OS2/c1-10(18)16-14-17-12(9-20-14)5-4-11-7-13(19-8-11)3-2-6-15/h7-9H,2-6,15H2,1H3,(H,16,17,18). The molecule has 0 fully saturated rings. The van der Waals surface area contributed by atoms with Crippen LogP contribution in [0.15, 0.2) is 16.8 Å². The van der Waals surface area contributed by atoms with Crippen LogP contribution in [0.2, 0.25) is 0 Å². The summed E-state index contributed by atoms with van der Waals surface area (Å²) < 4.78 is 0. The lowest BCUT2D eigenvalue weighted by molar-refractivity contribution is -0.114. The van der Waals surface area contributed by atoms with E-state index in [9.17, 15) is 4.79 Å². The Bertz CT molecular complexity index is 562. The quantitative estimate of drug-likeness (QED) is 0.826. The van der Waals surface area contributed by atoms with Gasteiger partial charge in [-0.1, -0.05) is 0 Å². The Hall–Kier alpha value is -1.24. The number of aryl methyl sites for hydroxylation is 3.